The summed E-state index contributed by atoms with van der Waals surface area (Å²) in [6, 6.07) is 17.3. The number of nitrogens with one attached hydrogen (secondary N) is 2. The van der Waals surface area contributed by atoms with Crippen molar-refractivity contribution in [1.29, 1.82) is 0 Å². The van der Waals surface area contributed by atoms with Gasteiger partial charge in [-0.25, -0.2) is 4.79 Å². The minimum absolute atomic E-state index is 0.206. The van der Waals surface area contributed by atoms with E-state index in [1.807, 2.05) is 61.5 Å². The van der Waals surface area contributed by atoms with Gasteiger partial charge in [0.1, 0.15) is 0 Å². The highest BCUT2D eigenvalue weighted by molar-refractivity contribution is 5.89. The monoisotopic (exact) mass is 312 g/mol. The normalized spacial score (nSPS) is 13.2. The maximum absolute atomic E-state index is 11.9. The third kappa shape index (κ3) is 6.12. The van der Waals surface area contributed by atoms with E-state index in [0.717, 1.165) is 17.7 Å². The average Bonchev–Trinajstić information content (AvgIpc) is 2.52. The minimum atomic E-state index is -0.945. The fourth-order valence-corrected chi connectivity index (χ4v) is 2.32. The molecule has 2 aromatic carbocycles. The number of amides is 2. The van der Waals surface area contributed by atoms with Crippen LogP contribution >= 0.6 is 0 Å². The van der Waals surface area contributed by atoms with E-state index in [1.165, 1.54) is 5.56 Å². The summed E-state index contributed by atoms with van der Waals surface area (Å²) in [6.45, 7) is 3.91. The molecule has 23 heavy (non-hydrogen) atoms. The van der Waals surface area contributed by atoms with Gasteiger partial charge in [-0.3, -0.25) is 0 Å². The zero-order valence-electron chi connectivity index (χ0n) is 13.7. The first-order chi connectivity index (χ1) is 10.9. The average molecular weight is 312 g/mol. The molecule has 0 bridgehead atoms. The number of benzene rings is 2. The maximum Gasteiger partial charge on any atom is 0.319 e. The van der Waals surface area contributed by atoms with Gasteiger partial charge in [0, 0.05) is 12.2 Å². The summed E-state index contributed by atoms with van der Waals surface area (Å²) >= 11 is 0. The van der Waals surface area contributed by atoms with Crippen LogP contribution in [0, 0.1) is 6.92 Å². The molecule has 4 nitrogen and oxygen atoms in total. The quantitative estimate of drug-likeness (QED) is 0.764. The number of aryl methyl sites for hydroxylation is 2. The Hall–Kier alpha value is -2.33. The standard InChI is InChI=1S/C19H24N2O2/c1-15-7-6-10-17(13-15)21-18(22)20-14-19(2,23)12-11-16-8-4-3-5-9-16/h3-10,13,23H,11-12,14H2,1-2H3,(H2,20,21,22). The Morgan fingerprint density at radius 2 is 1.87 bits per heavy atom. The molecule has 122 valence electrons. The fourth-order valence-electron chi connectivity index (χ4n) is 2.32. The highest BCUT2D eigenvalue weighted by Gasteiger charge is 2.21. The van der Waals surface area contributed by atoms with E-state index in [4.69, 9.17) is 0 Å². The van der Waals surface area contributed by atoms with E-state index in [9.17, 15) is 9.90 Å². The highest BCUT2D eigenvalue weighted by Crippen LogP contribution is 2.14. The second kappa shape index (κ2) is 7.79. The van der Waals surface area contributed by atoms with E-state index >= 15 is 0 Å². The lowest BCUT2D eigenvalue weighted by Gasteiger charge is -2.23. The largest absolute Gasteiger partial charge is 0.388 e. The highest BCUT2D eigenvalue weighted by atomic mass is 16.3. The van der Waals surface area contributed by atoms with Gasteiger partial charge >= 0.3 is 6.03 Å². The molecule has 0 radical (unpaired) electrons. The van der Waals surface area contributed by atoms with Gasteiger partial charge in [0.15, 0.2) is 0 Å². The molecular formula is C19H24N2O2. The van der Waals surface area contributed by atoms with Crippen molar-refractivity contribution in [2.45, 2.75) is 32.3 Å². The van der Waals surface area contributed by atoms with Crippen LogP contribution in [0.5, 0.6) is 0 Å². The number of aliphatic hydroxyl groups is 1. The van der Waals surface area contributed by atoms with Crippen LogP contribution in [0.3, 0.4) is 0 Å². The minimum Gasteiger partial charge on any atom is -0.388 e. The summed E-state index contributed by atoms with van der Waals surface area (Å²) < 4.78 is 0. The van der Waals surface area contributed by atoms with Gasteiger partial charge in [-0.1, -0.05) is 42.5 Å². The molecule has 0 aliphatic carbocycles. The van der Waals surface area contributed by atoms with Gasteiger partial charge in [0.05, 0.1) is 5.60 Å². The van der Waals surface area contributed by atoms with Crippen molar-refractivity contribution in [2.24, 2.45) is 0 Å². The van der Waals surface area contributed by atoms with Gasteiger partial charge in [0.25, 0.3) is 0 Å². The molecule has 2 amide bonds. The Bertz CT molecular complexity index is 639. The van der Waals surface area contributed by atoms with Crippen molar-refractivity contribution in [2.75, 3.05) is 11.9 Å². The SMILES string of the molecule is Cc1cccc(NC(=O)NCC(C)(O)CCc2ccccc2)c1. The van der Waals surface area contributed by atoms with E-state index in [-0.39, 0.29) is 12.6 Å². The van der Waals surface area contributed by atoms with Gasteiger partial charge in [-0.05, 0) is 49.9 Å². The number of carbonyl (C=O) groups excluding carboxylic acids is 1. The van der Waals surface area contributed by atoms with Crippen LogP contribution in [0.2, 0.25) is 0 Å². The van der Waals surface area contributed by atoms with Gasteiger partial charge in [-0.15, -0.1) is 0 Å². The lowest BCUT2D eigenvalue weighted by atomic mass is 9.97. The molecule has 0 aliphatic heterocycles. The van der Waals surface area contributed by atoms with Crippen LogP contribution in [0.4, 0.5) is 10.5 Å². The Labute approximate surface area is 137 Å². The summed E-state index contributed by atoms with van der Waals surface area (Å²) in [5.41, 5.74) is 2.06. The predicted octanol–water partition coefficient (Wildman–Crippen LogP) is 3.50. The Balaban J connectivity index is 1.78. The van der Waals surface area contributed by atoms with Crippen LogP contribution in [0.25, 0.3) is 0 Å². The first-order valence-electron chi connectivity index (χ1n) is 7.82. The Morgan fingerprint density at radius 1 is 1.13 bits per heavy atom. The third-order valence-electron chi connectivity index (χ3n) is 3.70. The Morgan fingerprint density at radius 3 is 2.57 bits per heavy atom. The number of hydrogen-bond acceptors (Lipinski definition) is 2. The molecule has 0 saturated heterocycles. The van der Waals surface area contributed by atoms with Gasteiger partial charge < -0.3 is 15.7 Å². The number of carbonyl (C=O) groups is 1. The van der Waals surface area contributed by atoms with Crippen LogP contribution in [0.15, 0.2) is 54.6 Å². The summed E-state index contributed by atoms with van der Waals surface area (Å²) in [5.74, 6) is 0. The van der Waals surface area contributed by atoms with E-state index in [2.05, 4.69) is 10.6 Å². The molecule has 0 spiro atoms. The topological polar surface area (TPSA) is 61.4 Å². The summed E-state index contributed by atoms with van der Waals surface area (Å²) in [5, 5.41) is 15.9. The lowest BCUT2D eigenvalue weighted by molar-refractivity contribution is 0.0539. The Kier molecular flexibility index (Phi) is 5.77. The second-order valence-electron chi connectivity index (χ2n) is 6.16. The zero-order chi connectivity index (χ0) is 16.7. The fraction of sp³-hybridized carbons (Fsp3) is 0.316. The summed E-state index contributed by atoms with van der Waals surface area (Å²) in [6.07, 6.45) is 1.36. The molecular weight excluding hydrogens is 288 g/mol. The van der Waals surface area contributed by atoms with Crippen molar-refractivity contribution < 1.29 is 9.90 Å². The van der Waals surface area contributed by atoms with Crippen LogP contribution in [-0.2, 0) is 6.42 Å². The molecule has 2 rings (SSSR count). The number of hydrogen-bond donors (Lipinski definition) is 3. The van der Waals surface area contributed by atoms with Gasteiger partial charge in [-0.2, -0.15) is 0 Å². The lowest BCUT2D eigenvalue weighted by Crippen LogP contribution is -2.42. The number of urea groups is 1. The molecule has 3 N–H and O–H groups in total. The zero-order valence-corrected chi connectivity index (χ0v) is 13.7. The first kappa shape index (κ1) is 17.0. The summed E-state index contributed by atoms with van der Waals surface area (Å²) in [7, 11) is 0. The molecule has 1 atom stereocenters. The smallest absolute Gasteiger partial charge is 0.319 e. The molecule has 0 aliphatic rings. The van der Waals surface area contributed by atoms with Crippen molar-refractivity contribution in [3.05, 3.63) is 65.7 Å². The van der Waals surface area contributed by atoms with Gasteiger partial charge in [0.2, 0.25) is 0 Å². The van der Waals surface area contributed by atoms with E-state index in [0.29, 0.717) is 6.42 Å². The molecule has 0 heterocycles. The molecule has 0 fully saturated rings. The van der Waals surface area contributed by atoms with Crippen LogP contribution in [0.1, 0.15) is 24.5 Å². The molecule has 1 unspecified atom stereocenters. The van der Waals surface area contributed by atoms with Crippen molar-refractivity contribution in [3.8, 4) is 0 Å². The van der Waals surface area contributed by atoms with Crippen molar-refractivity contribution >= 4 is 11.7 Å². The maximum atomic E-state index is 11.9. The molecule has 0 saturated carbocycles. The van der Waals surface area contributed by atoms with Crippen molar-refractivity contribution in [1.82, 2.24) is 5.32 Å². The second-order valence-corrected chi connectivity index (χ2v) is 6.16. The molecule has 0 aromatic heterocycles. The van der Waals surface area contributed by atoms with Crippen LogP contribution < -0.4 is 10.6 Å². The molecule has 4 heteroatoms. The van der Waals surface area contributed by atoms with E-state index < -0.39 is 5.60 Å². The number of rotatable bonds is 6. The van der Waals surface area contributed by atoms with E-state index in [1.54, 1.807) is 6.92 Å². The first-order valence-corrected chi connectivity index (χ1v) is 7.82. The van der Waals surface area contributed by atoms with Crippen LogP contribution in [-0.4, -0.2) is 23.3 Å². The molecule has 2 aromatic rings. The number of anilines is 1. The predicted molar refractivity (Wildman–Crippen MR) is 93.6 cm³/mol. The van der Waals surface area contributed by atoms with Crippen molar-refractivity contribution in [3.63, 3.8) is 0 Å². The summed E-state index contributed by atoms with van der Waals surface area (Å²) in [4.78, 5) is 11.9. The third-order valence-corrected chi connectivity index (χ3v) is 3.70.